The molecule has 110 valence electrons. The lowest BCUT2D eigenvalue weighted by atomic mass is 10.2. The standard InChI is InChI=1S/C14H12Cl3N3O/c1-2-18-9-3-4-19-12(7-9)14(21)20-13-10(16)5-8(15)6-11(13)17/h3-7H,2H2,1H3,(H,18,19)(H,20,21). The Morgan fingerprint density at radius 3 is 2.48 bits per heavy atom. The number of halogens is 3. The number of pyridine rings is 1. The van der Waals surface area contributed by atoms with E-state index in [-0.39, 0.29) is 15.7 Å². The fourth-order valence-corrected chi connectivity index (χ4v) is 2.62. The highest BCUT2D eigenvalue weighted by molar-refractivity contribution is 6.42. The molecule has 2 N–H and O–H groups in total. The van der Waals surface area contributed by atoms with Gasteiger partial charge in [0.05, 0.1) is 15.7 Å². The highest BCUT2D eigenvalue weighted by Crippen LogP contribution is 2.33. The molecule has 0 saturated carbocycles. The van der Waals surface area contributed by atoms with Crippen molar-refractivity contribution in [1.82, 2.24) is 4.98 Å². The van der Waals surface area contributed by atoms with E-state index < -0.39 is 5.91 Å². The number of amides is 1. The molecule has 7 heteroatoms. The number of aromatic nitrogens is 1. The van der Waals surface area contributed by atoms with Gasteiger partial charge < -0.3 is 10.6 Å². The van der Waals surface area contributed by atoms with Gasteiger partial charge >= 0.3 is 0 Å². The van der Waals surface area contributed by atoms with Crippen LogP contribution in [0.5, 0.6) is 0 Å². The number of anilines is 2. The van der Waals surface area contributed by atoms with Crippen LogP contribution in [-0.4, -0.2) is 17.4 Å². The lowest BCUT2D eigenvalue weighted by Gasteiger charge is -2.10. The first-order chi connectivity index (χ1) is 10.0. The molecule has 0 aliphatic heterocycles. The van der Waals surface area contributed by atoms with Crippen molar-refractivity contribution in [3.63, 3.8) is 0 Å². The Morgan fingerprint density at radius 1 is 1.19 bits per heavy atom. The van der Waals surface area contributed by atoms with Crippen LogP contribution in [-0.2, 0) is 0 Å². The topological polar surface area (TPSA) is 54.0 Å². The van der Waals surface area contributed by atoms with Crippen molar-refractivity contribution in [2.45, 2.75) is 6.92 Å². The minimum Gasteiger partial charge on any atom is -0.385 e. The first-order valence-electron chi connectivity index (χ1n) is 6.17. The van der Waals surface area contributed by atoms with E-state index in [4.69, 9.17) is 34.8 Å². The first kappa shape index (κ1) is 15.9. The second kappa shape index (κ2) is 6.98. The van der Waals surface area contributed by atoms with Gasteiger partial charge in [0.15, 0.2) is 0 Å². The molecule has 1 heterocycles. The lowest BCUT2D eigenvalue weighted by molar-refractivity contribution is 0.102. The van der Waals surface area contributed by atoms with Crippen LogP contribution in [0.4, 0.5) is 11.4 Å². The fourth-order valence-electron chi connectivity index (χ4n) is 1.71. The number of rotatable bonds is 4. The highest BCUT2D eigenvalue weighted by atomic mass is 35.5. The van der Waals surface area contributed by atoms with Crippen LogP contribution in [0.3, 0.4) is 0 Å². The van der Waals surface area contributed by atoms with E-state index >= 15 is 0 Å². The van der Waals surface area contributed by atoms with Gasteiger partial charge in [-0.2, -0.15) is 0 Å². The van der Waals surface area contributed by atoms with E-state index in [9.17, 15) is 4.79 Å². The molecule has 0 radical (unpaired) electrons. The van der Waals surface area contributed by atoms with Gasteiger partial charge in [0.25, 0.3) is 5.91 Å². The number of benzene rings is 1. The Kier molecular flexibility index (Phi) is 5.28. The summed E-state index contributed by atoms with van der Waals surface area (Å²) in [6, 6.07) is 6.44. The average molecular weight is 345 g/mol. The van der Waals surface area contributed by atoms with Gasteiger partial charge in [-0.3, -0.25) is 9.78 Å². The predicted molar refractivity (Wildman–Crippen MR) is 87.8 cm³/mol. The van der Waals surface area contributed by atoms with Gasteiger partial charge in [0, 0.05) is 23.5 Å². The molecule has 1 amide bonds. The molecule has 0 saturated heterocycles. The van der Waals surface area contributed by atoms with Crippen LogP contribution < -0.4 is 10.6 Å². The molecule has 21 heavy (non-hydrogen) atoms. The molecule has 0 fully saturated rings. The molecule has 0 spiro atoms. The Bertz CT molecular complexity index is 653. The Morgan fingerprint density at radius 2 is 1.86 bits per heavy atom. The largest absolute Gasteiger partial charge is 0.385 e. The Hall–Kier alpha value is -1.49. The maximum Gasteiger partial charge on any atom is 0.274 e. The molecule has 2 aromatic rings. The summed E-state index contributed by atoms with van der Waals surface area (Å²) in [6.45, 7) is 2.72. The summed E-state index contributed by atoms with van der Waals surface area (Å²) < 4.78 is 0. The van der Waals surface area contributed by atoms with Crippen LogP contribution in [0, 0.1) is 0 Å². The highest BCUT2D eigenvalue weighted by Gasteiger charge is 2.14. The SMILES string of the molecule is CCNc1ccnc(C(=O)Nc2c(Cl)cc(Cl)cc2Cl)c1. The van der Waals surface area contributed by atoms with Crippen molar-refractivity contribution in [1.29, 1.82) is 0 Å². The third-order valence-corrected chi connectivity index (χ3v) is 3.43. The number of carbonyl (C=O) groups is 1. The maximum atomic E-state index is 12.2. The second-order valence-corrected chi connectivity index (χ2v) is 5.41. The summed E-state index contributed by atoms with van der Waals surface area (Å²) in [6.07, 6.45) is 1.55. The summed E-state index contributed by atoms with van der Waals surface area (Å²) in [7, 11) is 0. The number of nitrogens with one attached hydrogen (secondary N) is 2. The molecule has 2 rings (SSSR count). The third kappa shape index (κ3) is 4.00. The summed E-state index contributed by atoms with van der Waals surface area (Å²) >= 11 is 17.9. The van der Waals surface area contributed by atoms with Gasteiger partial charge in [0.1, 0.15) is 5.69 Å². The molecule has 0 bridgehead atoms. The molecule has 1 aromatic heterocycles. The average Bonchev–Trinajstić information content (AvgIpc) is 2.43. The van der Waals surface area contributed by atoms with Gasteiger partial charge in [-0.05, 0) is 31.2 Å². The zero-order valence-corrected chi connectivity index (χ0v) is 13.4. The minimum absolute atomic E-state index is 0.260. The van der Waals surface area contributed by atoms with Crippen LogP contribution in [0.15, 0.2) is 30.5 Å². The zero-order chi connectivity index (χ0) is 15.4. The number of nitrogens with zero attached hydrogens (tertiary/aromatic N) is 1. The quantitative estimate of drug-likeness (QED) is 0.843. The van der Waals surface area contributed by atoms with E-state index in [0.717, 1.165) is 12.2 Å². The minimum atomic E-state index is -0.402. The van der Waals surface area contributed by atoms with E-state index in [2.05, 4.69) is 15.6 Å². The van der Waals surface area contributed by atoms with Crippen molar-refractivity contribution < 1.29 is 4.79 Å². The van der Waals surface area contributed by atoms with Crippen molar-refractivity contribution in [3.8, 4) is 0 Å². The molecular formula is C14H12Cl3N3O. The summed E-state index contributed by atoms with van der Waals surface area (Å²) in [4.78, 5) is 16.2. The Balaban J connectivity index is 2.24. The van der Waals surface area contributed by atoms with Crippen molar-refractivity contribution >= 4 is 52.1 Å². The fraction of sp³-hybridized carbons (Fsp3) is 0.143. The molecule has 0 aliphatic carbocycles. The lowest BCUT2D eigenvalue weighted by Crippen LogP contribution is -2.14. The molecular weight excluding hydrogens is 333 g/mol. The first-order valence-corrected chi connectivity index (χ1v) is 7.30. The third-order valence-electron chi connectivity index (χ3n) is 2.62. The zero-order valence-electron chi connectivity index (χ0n) is 11.1. The molecule has 4 nitrogen and oxygen atoms in total. The van der Waals surface area contributed by atoms with Crippen molar-refractivity contribution in [3.05, 3.63) is 51.2 Å². The normalized spacial score (nSPS) is 10.3. The summed E-state index contributed by atoms with van der Waals surface area (Å²) in [5.74, 6) is -0.402. The van der Waals surface area contributed by atoms with E-state index in [0.29, 0.717) is 10.7 Å². The van der Waals surface area contributed by atoms with Gasteiger partial charge in [0.2, 0.25) is 0 Å². The van der Waals surface area contributed by atoms with E-state index in [1.165, 1.54) is 12.1 Å². The van der Waals surface area contributed by atoms with Crippen LogP contribution in [0.25, 0.3) is 0 Å². The van der Waals surface area contributed by atoms with Crippen LogP contribution in [0.1, 0.15) is 17.4 Å². The maximum absolute atomic E-state index is 12.2. The van der Waals surface area contributed by atoms with E-state index in [1.54, 1.807) is 18.3 Å². The predicted octanol–water partition coefficient (Wildman–Crippen LogP) is 4.73. The van der Waals surface area contributed by atoms with Gasteiger partial charge in [-0.15, -0.1) is 0 Å². The molecule has 1 aromatic carbocycles. The van der Waals surface area contributed by atoms with Crippen LogP contribution in [0.2, 0.25) is 15.1 Å². The monoisotopic (exact) mass is 343 g/mol. The Labute approximate surface area is 137 Å². The van der Waals surface area contributed by atoms with Crippen molar-refractivity contribution in [2.24, 2.45) is 0 Å². The van der Waals surface area contributed by atoms with E-state index in [1.807, 2.05) is 6.92 Å². The molecule has 0 aliphatic rings. The number of carbonyl (C=O) groups excluding carboxylic acids is 1. The van der Waals surface area contributed by atoms with Crippen LogP contribution >= 0.6 is 34.8 Å². The number of hydrogen-bond acceptors (Lipinski definition) is 3. The van der Waals surface area contributed by atoms with Gasteiger partial charge in [-0.1, -0.05) is 34.8 Å². The molecule has 0 unspecified atom stereocenters. The summed E-state index contributed by atoms with van der Waals surface area (Å²) in [5.41, 5.74) is 1.38. The smallest absolute Gasteiger partial charge is 0.274 e. The summed E-state index contributed by atoms with van der Waals surface area (Å²) in [5, 5.41) is 6.68. The van der Waals surface area contributed by atoms with Crippen molar-refractivity contribution in [2.75, 3.05) is 17.2 Å². The molecule has 0 atom stereocenters. The van der Waals surface area contributed by atoms with Gasteiger partial charge in [-0.25, -0.2) is 0 Å². The number of hydrogen-bond donors (Lipinski definition) is 2. The second-order valence-electron chi connectivity index (χ2n) is 4.16.